The number of hydrogen-bond donors (Lipinski definition) is 1. The lowest BCUT2D eigenvalue weighted by Crippen LogP contribution is -2.59. The molecule has 31 heavy (non-hydrogen) atoms. The summed E-state index contributed by atoms with van der Waals surface area (Å²) in [6.07, 6.45) is 5.14. The Balaban J connectivity index is 1.55. The number of carbonyl (C=O) groups excluding carboxylic acids is 3. The Hall–Kier alpha value is -3.41. The maximum absolute atomic E-state index is 13.6. The number of para-hydroxylation sites is 1. The van der Waals surface area contributed by atoms with Crippen LogP contribution in [0.5, 0.6) is 0 Å². The topological polar surface area (TPSA) is 71.4 Å². The molecule has 3 aromatic rings. The minimum absolute atomic E-state index is 0.0607. The lowest BCUT2D eigenvalue weighted by molar-refractivity contribution is -0.125. The number of rotatable bonds is 4. The maximum Gasteiger partial charge on any atom is 0.272 e. The Morgan fingerprint density at radius 3 is 2.42 bits per heavy atom. The quantitative estimate of drug-likeness (QED) is 0.660. The lowest BCUT2D eigenvalue weighted by Gasteiger charge is -2.35. The van der Waals surface area contributed by atoms with Gasteiger partial charge in [0.25, 0.3) is 17.7 Å². The fourth-order valence-corrected chi connectivity index (χ4v) is 4.79. The molecule has 2 aromatic carbocycles. The van der Waals surface area contributed by atoms with Gasteiger partial charge in [0.1, 0.15) is 5.69 Å². The smallest absolute Gasteiger partial charge is 0.272 e. The molecule has 1 aromatic heterocycles. The zero-order valence-electron chi connectivity index (χ0n) is 17.3. The van der Waals surface area contributed by atoms with Crippen LogP contribution in [-0.4, -0.2) is 39.3 Å². The van der Waals surface area contributed by atoms with Gasteiger partial charge in [-0.2, -0.15) is 0 Å². The van der Waals surface area contributed by atoms with Crippen LogP contribution in [0.4, 0.5) is 0 Å². The molecule has 6 heteroatoms. The van der Waals surface area contributed by atoms with Gasteiger partial charge in [0, 0.05) is 18.0 Å². The number of nitrogens with one attached hydrogen (secondary N) is 1. The highest BCUT2D eigenvalue weighted by Crippen LogP contribution is 2.28. The Morgan fingerprint density at radius 1 is 0.935 bits per heavy atom. The molecule has 2 amide bonds. The highest BCUT2D eigenvalue weighted by Gasteiger charge is 2.44. The predicted octanol–water partition coefficient (Wildman–Crippen LogP) is 3.76. The summed E-state index contributed by atoms with van der Waals surface area (Å²) in [6, 6.07) is 17.5. The van der Waals surface area contributed by atoms with E-state index in [0.29, 0.717) is 11.2 Å². The van der Waals surface area contributed by atoms with Crippen LogP contribution in [0.1, 0.15) is 53.0 Å². The third-order valence-electron chi connectivity index (χ3n) is 6.35. The number of fused-ring (bicyclic) bond motifs is 3. The Labute approximate surface area is 180 Å². The summed E-state index contributed by atoms with van der Waals surface area (Å²) in [5.74, 6) is -1.06. The van der Waals surface area contributed by atoms with E-state index in [1.807, 2.05) is 54.6 Å². The first-order valence-electron chi connectivity index (χ1n) is 10.9. The van der Waals surface area contributed by atoms with Crippen molar-refractivity contribution < 1.29 is 14.4 Å². The Morgan fingerprint density at radius 2 is 1.65 bits per heavy atom. The van der Waals surface area contributed by atoms with Gasteiger partial charge in [-0.3, -0.25) is 19.0 Å². The molecule has 1 aliphatic heterocycles. The number of carbonyl (C=O) groups is 3. The molecule has 0 radical (unpaired) electrons. The molecule has 158 valence electrons. The van der Waals surface area contributed by atoms with E-state index >= 15 is 0 Å². The second kappa shape index (κ2) is 8.02. The van der Waals surface area contributed by atoms with Crippen molar-refractivity contribution in [3.8, 4) is 0 Å². The Bertz CT molecular complexity index is 1150. The van der Waals surface area contributed by atoms with E-state index in [1.54, 1.807) is 6.07 Å². The van der Waals surface area contributed by atoms with E-state index < -0.39 is 6.04 Å². The lowest BCUT2D eigenvalue weighted by atomic mass is 9.95. The summed E-state index contributed by atoms with van der Waals surface area (Å²) in [4.78, 5) is 41.9. The number of benzene rings is 2. The van der Waals surface area contributed by atoms with Crippen molar-refractivity contribution in [1.29, 1.82) is 0 Å². The van der Waals surface area contributed by atoms with Gasteiger partial charge in [0.2, 0.25) is 0 Å². The van der Waals surface area contributed by atoms with Crippen LogP contribution in [0.2, 0.25) is 0 Å². The number of aromatic nitrogens is 1. The molecule has 2 heterocycles. The SMILES string of the molecule is O=C(NC1CCCCC1)C1C(=O)n2c(cc3ccccc32)C(=O)N1Cc1ccccc1. The van der Waals surface area contributed by atoms with Gasteiger partial charge in [-0.1, -0.05) is 67.8 Å². The highest BCUT2D eigenvalue weighted by molar-refractivity contribution is 6.17. The van der Waals surface area contributed by atoms with E-state index in [0.717, 1.165) is 36.6 Å². The molecule has 2 aliphatic rings. The van der Waals surface area contributed by atoms with Crippen molar-refractivity contribution in [2.75, 3.05) is 0 Å². The van der Waals surface area contributed by atoms with Gasteiger partial charge in [-0.15, -0.1) is 0 Å². The number of hydrogen-bond acceptors (Lipinski definition) is 3. The zero-order chi connectivity index (χ0) is 21.4. The predicted molar refractivity (Wildman–Crippen MR) is 118 cm³/mol. The molecule has 0 spiro atoms. The molecule has 0 saturated heterocycles. The van der Waals surface area contributed by atoms with Crippen molar-refractivity contribution in [2.45, 2.75) is 50.7 Å². The number of nitrogens with zero attached hydrogens (tertiary/aromatic N) is 2. The van der Waals surface area contributed by atoms with E-state index in [4.69, 9.17) is 0 Å². The molecule has 1 unspecified atom stereocenters. The van der Waals surface area contributed by atoms with Gasteiger partial charge < -0.3 is 10.2 Å². The van der Waals surface area contributed by atoms with Crippen molar-refractivity contribution >= 4 is 28.6 Å². The van der Waals surface area contributed by atoms with Crippen LogP contribution in [0.3, 0.4) is 0 Å². The summed E-state index contributed by atoms with van der Waals surface area (Å²) >= 11 is 0. The van der Waals surface area contributed by atoms with Crippen molar-refractivity contribution in [3.05, 3.63) is 71.9 Å². The molecular weight excluding hydrogens is 390 g/mol. The maximum atomic E-state index is 13.6. The average molecular weight is 415 g/mol. The second-order valence-corrected chi connectivity index (χ2v) is 8.43. The third-order valence-corrected chi connectivity index (χ3v) is 6.35. The fraction of sp³-hybridized carbons (Fsp3) is 0.320. The van der Waals surface area contributed by atoms with E-state index in [9.17, 15) is 14.4 Å². The average Bonchev–Trinajstić information content (AvgIpc) is 3.19. The molecule has 1 N–H and O–H groups in total. The van der Waals surface area contributed by atoms with Gasteiger partial charge in [-0.25, -0.2) is 0 Å². The minimum Gasteiger partial charge on any atom is -0.351 e. The Kier molecular flexibility index (Phi) is 5.06. The molecule has 1 aliphatic carbocycles. The largest absolute Gasteiger partial charge is 0.351 e. The van der Waals surface area contributed by atoms with Crippen LogP contribution in [-0.2, 0) is 11.3 Å². The van der Waals surface area contributed by atoms with Gasteiger partial charge in [0.05, 0.1) is 5.52 Å². The summed E-state index contributed by atoms with van der Waals surface area (Å²) in [5, 5.41) is 3.87. The van der Waals surface area contributed by atoms with Gasteiger partial charge in [0.15, 0.2) is 6.04 Å². The molecular formula is C25H25N3O3. The van der Waals surface area contributed by atoms with Gasteiger partial charge in [-0.05, 0) is 30.5 Å². The number of amides is 2. The fourth-order valence-electron chi connectivity index (χ4n) is 4.79. The second-order valence-electron chi connectivity index (χ2n) is 8.43. The monoisotopic (exact) mass is 415 g/mol. The van der Waals surface area contributed by atoms with Crippen molar-refractivity contribution in [3.63, 3.8) is 0 Å². The molecule has 1 atom stereocenters. The molecule has 1 fully saturated rings. The first-order valence-corrected chi connectivity index (χ1v) is 10.9. The van der Waals surface area contributed by atoms with E-state index in [-0.39, 0.29) is 30.3 Å². The van der Waals surface area contributed by atoms with E-state index in [1.165, 1.54) is 15.9 Å². The summed E-state index contributed by atoms with van der Waals surface area (Å²) in [5.41, 5.74) is 1.85. The van der Waals surface area contributed by atoms with Crippen LogP contribution in [0.25, 0.3) is 10.9 Å². The molecule has 6 nitrogen and oxygen atoms in total. The molecule has 1 saturated carbocycles. The zero-order valence-corrected chi connectivity index (χ0v) is 17.3. The standard InChI is InChI=1S/C25H25N3O3/c29-23(26-19-12-5-2-6-13-19)22-25(31)28-20-14-8-7-11-18(20)15-21(28)24(30)27(22)16-17-9-3-1-4-10-17/h1,3-4,7-11,14-15,19,22H,2,5-6,12-13,16H2,(H,26,29). The first-order chi connectivity index (χ1) is 15.1. The van der Waals surface area contributed by atoms with Crippen molar-refractivity contribution in [2.24, 2.45) is 0 Å². The van der Waals surface area contributed by atoms with Crippen molar-refractivity contribution in [1.82, 2.24) is 14.8 Å². The minimum atomic E-state index is -1.18. The van der Waals surface area contributed by atoms with Crippen LogP contribution in [0, 0.1) is 0 Å². The summed E-state index contributed by atoms with van der Waals surface area (Å²) < 4.78 is 1.42. The van der Waals surface area contributed by atoms with Crippen LogP contribution >= 0.6 is 0 Å². The first kappa shape index (κ1) is 19.5. The highest BCUT2D eigenvalue weighted by atomic mass is 16.2. The van der Waals surface area contributed by atoms with Crippen LogP contribution < -0.4 is 5.32 Å². The summed E-state index contributed by atoms with van der Waals surface area (Å²) in [6.45, 7) is 0.204. The molecule has 5 rings (SSSR count). The summed E-state index contributed by atoms with van der Waals surface area (Å²) in [7, 11) is 0. The van der Waals surface area contributed by atoms with E-state index in [2.05, 4.69) is 5.32 Å². The van der Waals surface area contributed by atoms with Crippen LogP contribution in [0.15, 0.2) is 60.7 Å². The van der Waals surface area contributed by atoms with Gasteiger partial charge >= 0.3 is 0 Å². The normalized spacial score (nSPS) is 19.5. The molecule has 0 bridgehead atoms. The third kappa shape index (κ3) is 3.52.